The van der Waals surface area contributed by atoms with Crippen LogP contribution in [0.15, 0.2) is 34.1 Å². The van der Waals surface area contributed by atoms with E-state index in [0.717, 1.165) is 3.53 Å². The van der Waals surface area contributed by atoms with E-state index in [1.807, 2.05) is 0 Å². The van der Waals surface area contributed by atoms with Crippen molar-refractivity contribution >= 4 is 38.3 Å². The first kappa shape index (κ1) is 18.4. The summed E-state index contributed by atoms with van der Waals surface area (Å²) in [6, 6.07) is 8.70. The largest absolute Gasteiger partial charge is 0.211 e. The molecule has 0 unspecified atom stereocenters. The number of rotatable bonds is 2. The first-order chi connectivity index (χ1) is 10.8. The molecule has 0 saturated carbocycles. The van der Waals surface area contributed by atoms with Crippen LogP contribution in [0.2, 0.25) is 0 Å². The molecule has 2 aromatic rings. The molecule has 122 valence electrons. The van der Waals surface area contributed by atoms with Gasteiger partial charge in [0.2, 0.25) is 0 Å². The van der Waals surface area contributed by atoms with Crippen molar-refractivity contribution in [3.63, 3.8) is 0 Å². The highest BCUT2D eigenvalue weighted by atomic mass is 32.2. The van der Waals surface area contributed by atoms with Crippen LogP contribution >= 0.6 is 23.5 Å². The van der Waals surface area contributed by atoms with Crippen molar-refractivity contribution < 1.29 is 4.21 Å². The minimum absolute atomic E-state index is 0.595. The number of benzene rings is 2. The summed E-state index contributed by atoms with van der Waals surface area (Å²) in [7, 11) is 0. The van der Waals surface area contributed by atoms with Gasteiger partial charge in [-0.2, -0.15) is 0 Å². The van der Waals surface area contributed by atoms with Crippen molar-refractivity contribution in [1.29, 1.82) is 0 Å². The molecule has 0 bridgehead atoms. The Morgan fingerprint density at radius 3 is 1.22 bits per heavy atom. The molecule has 0 amide bonds. The van der Waals surface area contributed by atoms with Gasteiger partial charge in [-0.3, -0.25) is 0 Å². The predicted molar refractivity (Wildman–Crippen MR) is 106 cm³/mol. The van der Waals surface area contributed by atoms with Crippen LogP contribution in [-0.2, 0) is 11.3 Å². The Morgan fingerprint density at radius 2 is 0.957 bits per heavy atom. The average molecular weight is 363 g/mol. The number of hydrogen-bond donors (Lipinski definition) is 0. The maximum absolute atomic E-state index is 11.7. The fourth-order valence-corrected chi connectivity index (χ4v) is 5.53. The fraction of sp³-hybridized carbons (Fsp3) is 0.316. The molecule has 23 heavy (non-hydrogen) atoms. The SMILES string of the molecule is Cc1cc(C)c(SC(Sc2c(C)cc(C)cc2C)=S=O)c(C)c1. The molecule has 4 heteroatoms. The van der Waals surface area contributed by atoms with E-state index in [0.29, 0.717) is 11.3 Å². The minimum atomic E-state index is 0.595. The van der Waals surface area contributed by atoms with Gasteiger partial charge in [0, 0.05) is 9.79 Å². The van der Waals surface area contributed by atoms with Gasteiger partial charge in [-0.15, -0.1) is 0 Å². The summed E-state index contributed by atoms with van der Waals surface area (Å²) in [6.07, 6.45) is 0. The molecule has 0 atom stereocenters. The summed E-state index contributed by atoms with van der Waals surface area (Å²) in [5, 5.41) is 0. The van der Waals surface area contributed by atoms with Gasteiger partial charge >= 0.3 is 0 Å². The molecule has 0 aliphatic rings. The van der Waals surface area contributed by atoms with E-state index in [1.54, 1.807) is 23.5 Å². The predicted octanol–water partition coefficient (Wildman–Crippen LogP) is 5.72. The molecule has 2 aromatic carbocycles. The highest BCUT2D eigenvalue weighted by Crippen LogP contribution is 2.37. The monoisotopic (exact) mass is 362 g/mol. The summed E-state index contributed by atoms with van der Waals surface area (Å²) in [5.41, 5.74) is 7.46. The molecule has 0 aliphatic carbocycles. The van der Waals surface area contributed by atoms with E-state index in [1.165, 1.54) is 43.2 Å². The molecule has 0 aliphatic heterocycles. The van der Waals surface area contributed by atoms with Crippen LogP contribution in [0, 0.1) is 41.5 Å². The first-order valence-corrected chi connectivity index (χ1v) is 9.87. The van der Waals surface area contributed by atoms with Crippen LogP contribution in [0.5, 0.6) is 0 Å². The van der Waals surface area contributed by atoms with Gasteiger partial charge in [0.25, 0.3) is 0 Å². The highest BCUT2D eigenvalue weighted by Gasteiger charge is 2.13. The van der Waals surface area contributed by atoms with Gasteiger partial charge in [-0.05, 0) is 63.8 Å². The van der Waals surface area contributed by atoms with Crippen molar-refractivity contribution in [1.82, 2.24) is 0 Å². The Balaban J connectivity index is 2.32. The lowest BCUT2D eigenvalue weighted by Crippen LogP contribution is -1.95. The van der Waals surface area contributed by atoms with E-state index in [4.69, 9.17) is 0 Å². The summed E-state index contributed by atoms with van der Waals surface area (Å²) in [4.78, 5) is 2.40. The van der Waals surface area contributed by atoms with Crippen molar-refractivity contribution in [2.75, 3.05) is 0 Å². The van der Waals surface area contributed by atoms with Crippen LogP contribution in [0.3, 0.4) is 0 Å². The molecular formula is C19H22OS3. The third kappa shape index (κ3) is 4.52. The van der Waals surface area contributed by atoms with Crippen LogP contribution in [-0.4, -0.2) is 7.74 Å². The molecule has 0 heterocycles. The lowest BCUT2D eigenvalue weighted by atomic mass is 10.1. The number of hydrogen-bond acceptors (Lipinski definition) is 3. The van der Waals surface area contributed by atoms with E-state index >= 15 is 0 Å². The zero-order chi connectivity index (χ0) is 17.1. The van der Waals surface area contributed by atoms with Crippen LogP contribution in [0.25, 0.3) is 0 Å². The standard InChI is InChI=1S/C19H22OS3/c1-11-7-13(3)17(14(4)8-11)21-19(23-20)22-18-15(5)9-12(2)10-16(18)6/h7-10H,1-6H3. The maximum Gasteiger partial charge on any atom is 0.143 e. The van der Waals surface area contributed by atoms with Crippen molar-refractivity contribution in [2.45, 2.75) is 51.3 Å². The van der Waals surface area contributed by atoms with E-state index in [2.05, 4.69) is 65.8 Å². The Kier molecular flexibility index (Phi) is 6.18. The Hall–Kier alpha value is -0.970. The molecule has 0 fully saturated rings. The minimum Gasteiger partial charge on any atom is -0.211 e. The fourth-order valence-electron chi connectivity index (χ4n) is 2.88. The molecule has 1 nitrogen and oxygen atoms in total. The highest BCUT2D eigenvalue weighted by molar-refractivity contribution is 8.45. The van der Waals surface area contributed by atoms with Gasteiger partial charge in [-0.1, -0.05) is 58.9 Å². The maximum atomic E-state index is 11.7. The Morgan fingerprint density at radius 1 is 0.652 bits per heavy atom. The average Bonchev–Trinajstić information content (AvgIpc) is 2.44. The van der Waals surface area contributed by atoms with Crippen molar-refractivity contribution in [3.05, 3.63) is 57.6 Å². The molecule has 0 spiro atoms. The quantitative estimate of drug-likeness (QED) is 0.502. The van der Waals surface area contributed by atoms with E-state index in [9.17, 15) is 4.21 Å². The van der Waals surface area contributed by atoms with Crippen LogP contribution in [0.4, 0.5) is 0 Å². The molecule has 0 aromatic heterocycles. The number of aryl methyl sites for hydroxylation is 6. The van der Waals surface area contributed by atoms with Gasteiger partial charge in [0.05, 0.1) is 0 Å². The van der Waals surface area contributed by atoms with Crippen LogP contribution < -0.4 is 0 Å². The molecule has 2 rings (SSSR count). The second-order valence-electron chi connectivity index (χ2n) is 5.99. The van der Waals surface area contributed by atoms with Crippen molar-refractivity contribution in [3.8, 4) is 0 Å². The normalized spacial score (nSPS) is 10.7. The lowest BCUT2D eigenvalue weighted by molar-refractivity contribution is 0.701. The third-order valence-electron chi connectivity index (χ3n) is 3.65. The van der Waals surface area contributed by atoms with Crippen LogP contribution in [0.1, 0.15) is 33.4 Å². The smallest absolute Gasteiger partial charge is 0.143 e. The van der Waals surface area contributed by atoms with Gasteiger partial charge < -0.3 is 0 Å². The van der Waals surface area contributed by atoms with Gasteiger partial charge in [0.15, 0.2) is 0 Å². The zero-order valence-electron chi connectivity index (χ0n) is 14.4. The number of thioether (sulfide) groups is 2. The summed E-state index contributed by atoms with van der Waals surface area (Å²) in [6.45, 7) is 12.7. The lowest BCUT2D eigenvalue weighted by Gasteiger charge is -2.13. The van der Waals surface area contributed by atoms with Gasteiger partial charge in [-0.25, -0.2) is 4.21 Å². The molecular weight excluding hydrogens is 340 g/mol. The van der Waals surface area contributed by atoms with Crippen molar-refractivity contribution in [2.24, 2.45) is 0 Å². The zero-order valence-corrected chi connectivity index (χ0v) is 16.9. The Bertz CT molecular complexity index is 695. The molecule has 0 N–H and O–H groups in total. The van der Waals surface area contributed by atoms with E-state index in [-0.39, 0.29) is 0 Å². The third-order valence-corrected chi connectivity index (χ3v) is 7.22. The van der Waals surface area contributed by atoms with Gasteiger partial charge in [0.1, 0.15) is 14.8 Å². The topological polar surface area (TPSA) is 17.1 Å². The summed E-state index contributed by atoms with van der Waals surface area (Å²) < 4.78 is 12.5. The summed E-state index contributed by atoms with van der Waals surface area (Å²) >= 11 is 3.79. The second kappa shape index (κ2) is 7.73. The first-order valence-electron chi connectivity index (χ1n) is 7.50. The molecule has 0 radical (unpaired) electrons. The molecule has 0 saturated heterocycles. The summed E-state index contributed by atoms with van der Waals surface area (Å²) in [5.74, 6) is 0. The second-order valence-corrected chi connectivity index (χ2v) is 9.38. The Labute approximate surface area is 151 Å². The van der Waals surface area contributed by atoms with E-state index < -0.39 is 0 Å².